The number of nitrogens with zero attached hydrogens (tertiary/aromatic N) is 2. The molecule has 0 atom stereocenters. The smallest absolute Gasteiger partial charge is 0.314 e. The summed E-state index contributed by atoms with van der Waals surface area (Å²) in [5.41, 5.74) is 1.81. The maximum Gasteiger partial charge on any atom is 0.314 e. The van der Waals surface area contributed by atoms with E-state index in [9.17, 15) is 9.59 Å². The van der Waals surface area contributed by atoms with Crippen LogP contribution in [0.3, 0.4) is 0 Å². The second-order valence-electron chi connectivity index (χ2n) is 7.97. The number of aromatic nitrogens is 2. The molecule has 138 valence electrons. The summed E-state index contributed by atoms with van der Waals surface area (Å²) < 4.78 is 1.84. The summed E-state index contributed by atoms with van der Waals surface area (Å²) in [7, 11) is 0. The van der Waals surface area contributed by atoms with Gasteiger partial charge in [0, 0.05) is 23.1 Å². The van der Waals surface area contributed by atoms with Gasteiger partial charge in [0.25, 0.3) is 0 Å². The number of hydrogen-bond donors (Lipinski definition) is 2. The van der Waals surface area contributed by atoms with Crippen molar-refractivity contribution >= 4 is 29.4 Å². The van der Waals surface area contributed by atoms with Crippen molar-refractivity contribution in [3.8, 4) is 0 Å². The summed E-state index contributed by atoms with van der Waals surface area (Å²) in [6.45, 7) is 6.14. The first kappa shape index (κ1) is 18.3. The van der Waals surface area contributed by atoms with Crippen LogP contribution in [0.4, 0.5) is 5.82 Å². The van der Waals surface area contributed by atoms with E-state index in [0.29, 0.717) is 5.82 Å². The van der Waals surface area contributed by atoms with E-state index in [0.717, 1.165) is 48.4 Å². The van der Waals surface area contributed by atoms with Crippen LogP contribution in [0.1, 0.15) is 70.6 Å². The van der Waals surface area contributed by atoms with Gasteiger partial charge < -0.3 is 10.6 Å². The largest absolute Gasteiger partial charge is 0.345 e. The maximum atomic E-state index is 12.5. The fraction of sp³-hybridized carbons (Fsp3) is 0.722. The van der Waals surface area contributed by atoms with Crippen molar-refractivity contribution in [3.63, 3.8) is 0 Å². The van der Waals surface area contributed by atoms with Crippen molar-refractivity contribution in [2.24, 2.45) is 0 Å². The molecule has 2 N–H and O–H groups in total. The van der Waals surface area contributed by atoms with Crippen LogP contribution in [0.15, 0.2) is 0 Å². The molecular formula is C18H28N4O2S. The molecule has 1 fully saturated rings. The number of rotatable bonds is 2. The second-order valence-corrected chi connectivity index (χ2v) is 8.95. The summed E-state index contributed by atoms with van der Waals surface area (Å²) in [5.74, 6) is 1.23. The zero-order chi connectivity index (χ0) is 18.0. The van der Waals surface area contributed by atoms with Gasteiger partial charge in [0.2, 0.25) is 0 Å². The third-order valence-electron chi connectivity index (χ3n) is 4.82. The van der Waals surface area contributed by atoms with Crippen molar-refractivity contribution in [3.05, 3.63) is 11.3 Å². The number of thioether (sulfide) groups is 1. The Kier molecular flexibility index (Phi) is 5.41. The van der Waals surface area contributed by atoms with Gasteiger partial charge in [-0.05, 0) is 33.6 Å². The summed E-state index contributed by atoms with van der Waals surface area (Å²) in [6, 6.07) is 0.120. The van der Waals surface area contributed by atoms with Crippen LogP contribution in [0.2, 0.25) is 0 Å². The molecule has 1 aromatic rings. The Bertz CT molecular complexity index is 655. The summed E-state index contributed by atoms with van der Waals surface area (Å²) in [4.78, 5) is 24.8. The third-order valence-corrected chi connectivity index (χ3v) is 5.79. The van der Waals surface area contributed by atoms with Crippen molar-refractivity contribution in [2.75, 3.05) is 5.32 Å². The highest BCUT2D eigenvalue weighted by molar-refractivity contribution is 7.98. The molecule has 6 nitrogen and oxygen atoms in total. The highest BCUT2D eigenvalue weighted by atomic mass is 32.2. The Morgan fingerprint density at radius 2 is 1.76 bits per heavy atom. The molecule has 3 rings (SSSR count). The van der Waals surface area contributed by atoms with Crippen LogP contribution >= 0.6 is 11.8 Å². The van der Waals surface area contributed by atoms with Gasteiger partial charge in [-0.1, -0.05) is 25.7 Å². The molecule has 2 amide bonds. The van der Waals surface area contributed by atoms with E-state index >= 15 is 0 Å². The maximum absolute atomic E-state index is 12.5. The lowest BCUT2D eigenvalue weighted by Crippen LogP contribution is -2.42. The van der Waals surface area contributed by atoms with Crippen LogP contribution in [-0.4, -0.2) is 27.6 Å². The monoisotopic (exact) mass is 364 g/mol. The van der Waals surface area contributed by atoms with Gasteiger partial charge in [-0.15, -0.1) is 0 Å². The molecule has 7 heteroatoms. The van der Waals surface area contributed by atoms with E-state index in [1.165, 1.54) is 12.8 Å². The number of anilines is 1. The van der Waals surface area contributed by atoms with E-state index in [4.69, 9.17) is 0 Å². The number of carbonyl (C=O) groups excluding carboxylic acids is 2. The van der Waals surface area contributed by atoms with Crippen LogP contribution in [0, 0.1) is 0 Å². The van der Waals surface area contributed by atoms with Gasteiger partial charge in [0.15, 0.2) is 0 Å². The summed E-state index contributed by atoms with van der Waals surface area (Å²) >= 11 is 1.78. The molecule has 1 aromatic heterocycles. The van der Waals surface area contributed by atoms with Crippen LogP contribution < -0.4 is 10.6 Å². The lowest BCUT2D eigenvalue weighted by Gasteiger charge is -2.23. The predicted octanol–water partition coefficient (Wildman–Crippen LogP) is 3.16. The Morgan fingerprint density at radius 1 is 1.08 bits per heavy atom. The Balaban J connectivity index is 1.71. The molecule has 0 saturated heterocycles. The van der Waals surface area contributed by atoms with Crippen molar-refractivity contribution in [1.82, 2.24) is 15.1 Å². The number of nitrogens with one attached hydrogen (secondary N) is 2. The van der Waals surface area contributed by atoms with E-state index in [-0.39, 0.29) is 11.6 Å². The molecule has 0 bridgehead atoms. The Labute approximate surface area is 153 Å². The minimum atomic E-state index is -0.589. The fourth-order valence-electron chi connectivity index (χ4n) is 3.47. The van der Waals surface area contributed by atoms with Gasteiger partial charge in [-0.25, -0.2) is 4.68 Å². The number of hydrogen-bond acceptors (Lipinski definition) is 4. The second kappa shape index (κ2) is 7.40. The van der Waals surface area contributed by atoms with Gasteiger partial charge in [0.05, 0.1) is 11.2 Å². The normalized spacial score (nSPS) is 18.5. The molecule has 0 aromatic carbocycles. The molecule has 1 saturated carbocycles. The molecule has 0 spiro atoms. The molecule has 0 radical (unpaired) electrons. The SMILES string of the molecule is CC(C)(C)n1nc2c(c1NC(=O)C(=O)NC1CCCCCC1)CSC2. The molecule has 2 aliphatic rings. The Morgan fingerprint density at radius 3 is 2.40 bits per heavy atom. The minimum Gasteiger partial charge on any atom is -0.345 e. The number of fused-ring (bicyclic) bond motifs is 1. The number of amides is 2. The predicted molar refractivity (Wildman–Crippen MR) is 100 cm³/mol. The highest BCUT2D eigenvalue weighted by Gasteiger charge is 2.30. The first-order valence-electron chi connectivity index (χ1n) is 9.17. The molecule has 25 heavy (non-hydrogen) atoms. The van der Waals surface area contributed by atoms with Gasteiger partial charge in [-0.3, -0.25) is 9.59 Å². The molecule has 2 heterocycles. The van der Waals surface area contributed by atoms with E-state index < -0.39 is 11.8 Å². The Hall–Kier alpha value is -1.50. The van der Waals surface area contributed by atoms with Crippen LogP contribution in [-0.2, 0) is 26.6 Å². The van der Waals surface area contributed by atoms with E-state index in [2.05, 4.69) is 15.7 Å². The lowest BCUT2D eigenvalue weighted by molar-refractivity contribution is -0.136. The lowest BCUT2D eigenvalue weighted by atomic mass is 10.1. The molecule has 1 aliphatic carbocycles. The standard InChI is InChI=1S/C18H28N4O2S/c1-18(2,3)22-15(13-10-25-11-14(13)21-22)20-17(24)16(23)19-12-8-6-4-5-7-9-12/h12H,4-11H2,1-3H3,(H,19,23)(H,20,24). The quantitative estimate of drug-likeness (QED) is 0.624. The fourth-order valence-corrected chi connectivity index (χ4v) is 4.50. The molecule has 0 unspecified atom stereocenters. The van der Waals surface area contributed by atoms with E-state index in [1.807, 2.05) is 25.5 Å². The average Bonchev–Trinajstić information content (AvgIpc) is 3.03. The number of carbonyl (C=O) groups is 2. The van der Waals surface area contributed by atoms with Gasteiger partial charge in [0.1, 0.15) is 5.82 Å². The first-order valence-corrected chi connectivity index (χ1v) is 10.3. The van der Waals surface area contributed by atoms with Crippen molar-refractivity contribution in [1.29, 1.82) is 0 Å². The summed E-state index contributed by atoms with van der Waals surface area (Å²) in [6.07, 6.45) is 6.60. The third kappa shape index (κ3) is 4.19. The first-order chi connectivity index (χ1) is 11.9. The van der Waals surface area contributed by atoms with Crippen LogP contribution in [0.5, 0.6) is 0 Å². The zero-order valence-electron chi connectivity index (χ0n) is 15.4. The van der Waals surface area contributed by atoms with E-state index in [1.54, 1.807) is 11.8 Å². The topological polar surface area (TPSA) is 76.0 Å². The molecular weight excluding hydrogens is 336 g/mol. The zero-order valence-corrected chi connectivity index (χ0v) is 16.2. The van der Waals surface area contributed by atoms with Crippen molar-refractivity contribution < 1.29 is 9.59 Å². The van der Waals surface area contributed by atoms with Crippen molar-refractivity contribution in [2.45, 2.75) is 82.4 Å². The highest BCUT2D eigenvalue weighted by Crippen LogP contribution is 2.37. The molecule has 1 aliphatic heterocycles. The van der Waals surface area contributed by atoms with Gasteiger partial charge in [-0.2, -0.15) is 16.9 Å². The minimum absolute atomic E-state index is 0.120. The summed E-state index contributed by atoms with van der Waals surface area (Å²) in [5, 5.41) is 10.4. The average molecular weight is 365 g/mol. The van der Waals surface area contributed by atoms with Gasteiger partial charge >= 0.3 is 11.8 Å². The van der Waals surface area contributed by atoms with Crippen LogP contribution in [0.25, 0.3) is 0 Å².